The van der Waals surface area contributed by atoms with Crippen molar-refractivity contribution < 1.29 is 4.21 Å². The van der Waals surface area contributed by atoms with Gasteiger partial charge in [-0.1, -0.05) is 31.9 Å². The molecule has 1 unspecified atom stereocenters. The molecule has 3 nitrogen and oxygen atoms in total. The zero-order valence-corrected chi connectivity index (χ0v) is 11.4. The molecule has 2 rings (SSSR count). The normalized spacial score (nSPS) is 13.0. The van der Waals surface area contributed by atoms with E-state index in [-0.39, 0.29) is 0 Å². The van der Waals surface area contributed by atoms with Crippen LogP contribution in [0, 0.1) is 0 Å². The third kappa shape index (κ3) is 3.34. The number of para-hydroxylation sites is 1. The molecule has 5 heteroatoms. The van der Waals surface area contributed by atoms with E-state index in [0.29, 0.717) is 4.34 Å². The predicted molar refractivity (Wildman–Crippen MR) is 73.6 cm³/mol. The lowest BCUT2D eigenvalue weighted by atomic mass is 10.3. The number of rotatable bonds is 6. The van der Waals surface area contributed by atoms with E-state index in [2.05, 4.69) is 16.6 Å². The molecule has 0 aliphatic rings. The molecule has 0 radical (unpaired) electrons. The van der Waals surface area contributed by atoms with Gasteiger partial charge in [0.2, 0.25) is 0 Å². The van der Waals surface area contributed by atoms with Crippen molar-refractivity contribution in [1.29, 1.82) is 0 Å². The maximum Gasteiger partial charge on any atom is 0.197 e. The van der Waals surface area contributed by atoms with Crippen molar-refractivity contribution in [3.8, 4) is 0 Å². The molecule has 0 saturated carbocycles. The van der Waals surface area contributed by atoms with Crippen LogP contribution in [0.1, 0.15) is 26.2 Å². The van der Waals surface area contributed by atoms with Crippen LogP contribution in [-0.2, 0) is 11.0 Å². The molecular weight excluding hydrogens is 252 g/mol. The summed E-state index contributed by atoms with van der Waals surface area (Å²) in [7, 11) is -1.16. The van der Waals surface area contributed by atoms with Gasteiger partial charge < -0.3 is 0 Å². The van der Waals surface area contributed by atoms with E-state index in [9.17, 15) is 4.21 Å². The Labute approximate surface area is 108 Å². The Morgan fingerprint density at radius 2 is 2.18 bits per heavy atom. The number of hydrogen-bond acceptors (Lipinski definition) is 3. The summed E-state index contributed by atoms with van der Waals surface area (Å²) in [6.45, 7) is 2.95. The Morgan fingerprint density at radius 1 is 1.35 bits per heavy atom. The van der Waals surface area contributed by atoms with Crippen LogP contribution in [0.5, 0.6) is 0 Å². The summed E-state index contributed by atoms with van der Waals surface area (Å²) in [4.78, 5) is 4.37. The van der Waals surface area contributed by atoms with Gasteiger partial charge in [-0.2, -0.15) is 0 Å². The van der Waals surface area contributed by atoms with Crippen molar-refractivity contribution in [2.24, 2.45) is 0 Å². The first-order chi connectivity index (χ1) is 8.31. The number of hydrogen-bond donors (Lipinski definition) is 1. The molecule has 1 aromatic carbocycles. The Bertz CT molecular complexity index is 477. The number of aromatic nitrogens is 1. The molecule has 0 bridgehead atoms. The molecule has 1 N–H and O–H groups in total. The van der Waals surface area contributed by atoms with Crippen LogP contribution in [0.15, 0.2) is 28.6 Å². The second kappa shape index (κ2) is 6.23. The van der Waals surface area contributed by atoms with E-state index in [1.807, 2.05) is 24.3 Å². The van der Waals surface area contributed by atoms with Gasteiger partial charge in [0, 0.05) is 6.54 Å². The molecule has 0 aliphatic heterocycles. The Hall–Kier alpha value is -0.780. The number of nitrogens with one attached hydrogen (secondary N) is 1. The molecular formula is C12H16N2OS2. The topological polar surface area (TPSA) is 42.0 Å². The first kappa shape index (κ1) is 12.7. The standard InChI is InChI=1S/C12H16N2OS2/c1-2-3-6-9-13-17(15)12-14-10-7-4-5-8-11(10)16-12/h4-5,7-8,13H,2-3,6,9H2,1H3. The van der Waals surface area contributed by atoms with Gasteiger partial charge in [0.25, 0.3) is 0 Å². The molecule has 92 valence electrons. The van der Waals surface area contributed by atoms with E-state index in [1.54, 1.807) is 0 Å². The van der Waals surface area contributed by atoms with Gasteiger partial charge in [0.1, 0.15) is 0 Å². The lowest BCUT2D eigenvalue weighted by Gasteiger charge is -2.00. The van der Waals surface area contributed by atoms with E-state index >= 15 is 0 Å². The molecule has 0 spiro atoms. The van der Waals surface area contributed by atoms with Crippen LogP contribution >= 0.6 is 11.3 Å². The van der Waals surface area contributed by atoms with Gasteiger partial charge in [0.05, 0.1) is 10.2 Å². The molecule has 0 amide bonds. The third-order valence-corrected chi connectivity index (χ3v) is 4.86. The minimum Gasteiger partial charge on any atom is -0.235 e. The number of fused-ring (bicyclic) bond motifs is 1. The average molecular weight is 268 g/mol. The second-order valence-electron chi connectivity index (χ2n) is 3.82. The van der Waals surface area contributed by atoms with Crippen molar-refractivity contribution in [2.45, 2.75) is 30.5 Å². The van der Waals surface area contributed by atoms with E-state index < -0.39 is 11.0 Å². The monoisotopic (exact) mass is 268 g/mol. The lowest BCUT2D eigenvalue weighted by Crippen LogP contribution is -2.18. The average Bonchev–Trinajstić information content (AvgIpc) is 2.78. The SMILES string of the molecule is CCCCCNS(=O)c1nc2ccccc2s1. The highest BCUT2D eigenvalue weighted by Crippen LogP contribution is 2.23. The molecule has 17 heavy (non-hydrogen) atoms. The Morgan fingerprint density at radius 3 is 2.94 bits per heavy atom. The fourth-order valence-corrected chi connectivity index (χ4v) is 3.61. The number of benzene rings is 1. The van der Waals surface area contributed by atoms with Crippen molar-refractivity contribution >= 4 is 32.5 Å². The molecule has 0 fully saturated rings. The Balaban J connectivity index is 1.99. The quantitative estimate of drug-likeness (QED) is 0.818. The van der Waals surface area contributed by atoms with Crippen LogP contribution in [0.25, 0.3) is 10.2 Å². The van der Waals surface area contributed by atoms with Gasteiger partial charge in [-0.15, -0.1) is 11.3 Å². The molecule has 0 saturated heterocycles. The summed E-state index contributed by atoms with van der Waals surface area (Å²) in [5.74, 6) is 0. The smallest absolute Gasteiger partial charge is 0.197 e. The minimum atomic E-state index is -1.16. The third-order valence-electron chi connectivity index (χ3n) is 2.45. The van der Waals surface area contributed by atoms with Crippen LogP contribution in [-0.4, -0.2) is 15.7 Å². The van der Waals surface area contributed by atoms with E-state index in [0.717, 1.165) is 23.2 Å². The molecule has 1 atom stereocenters. The summed E-state index contributed by atoms with van der Waals surface area (Å²) in [5.41, 5.74) is 0.927. The van der Waals surface area contributed by atoms with Gasteiger partial charge in [-0.05, 0) is 18.6 Å². The summed E-state index contributed by atoms with van der Waals surface area (Å²) >= 11 is 1.50. The summed E-state index contributed by atoms with van der Waals surface area (Å²) in [6.07, 6.45) is 3.41. The van der Waals surface area contributed by atoms with Gasteiger partial charge >= 0.3 is 0 Å². The zero-order chi connectivity index (χ0) is 12.1. The van der Waals surface area contributed by atoms with Gasteiger partial charge in [0.15, 0.2) is 15.3 Å². The lowest BCUT2D eigenvalue weighted by molar-refractivity contribution is 0.656. The van der Waals surface area contributed by atoms with Gasteiger partial charge in [-0.3, -0.25) is 0 Å². The maximum absolute atomic E-state index is 11.9. The summed E-state index contributed by atoms with van der Waals surface area (Å²) < 4.78 is 16.7. The fraction of sp³-hybridized carbons (Fsp3) is 0.417. The first-order valence-electron chi connectivity index (χ1n) is 5.82. The van der Waals surface area contributed by atoms with Crippen LogP contribution in [0.2, 0.25) is 0 Å². The van der Waals surface area contributed by atoms with E-state index in [1.165, 1.54) is 24.2 Å². The number of nitrogens with zero attached hydrogens (tertiary/aromatic N) is 1. The summed E-state index contributed by atoms with van der Waals surface area (Å²) in [5, 5.41) is 0. The van der Waals surface area contributed by atoms with Crippen molar-refractivity contribution in [3.05, 3.63) is 24.3 Å². The van der Waals surface area contributed by atoms with Gasteiger partial charge in [-0.25, -0.2) is 13.9 Å². The zero-order valence-electron chi connectivity index (χ0n) is 9.81. The van der Waals surface area contributed by atoms with E-state index in [4.69, 9.17) is 0 Å². The molecule has 1 aromatic heterocycles. The highest BCUT2D eigenvalue weighted by atomic mass is 32.2. The van der Waals surface area contributed by atoms with Crippen molar-refractivity contribution in [1.82, 2.24) is 9.71 Å². The maximum atomic E-state index is 11.9. The minimum absolute atomic E-state index is 0.669. The van der Waals surface area contributed by atoms with Crippen LogP contribution in [0.3, 0.4) is 0 Å². The largest absolute Gasteiger partial charge is 0.235 e. The molecule has 2 aromatic rings. The molecule has 0 aliphatic carbocycles. The Kier molecular flexibility index (Phi) is 4.65. The summed E-state index contributed by atoms with van der Waals surface area (Å²) in [6, 6.07) is 7.87. The predicted octanol–water partition coefficient (Wildman–Crippen LogP) is 3.10. The molecule has 1 heterocycles. The first-order valence-corrected chi connectivity index (χ1v) is 7.78. The fourth-order valence-electron chi connectivity index (χ4n) is 1.53. The van der Waals surface area contributed by atoms with Crippen LogP contribution in [0.4, 0.5) is 0 Å². The second-order valence-corrected chi connectivity index (χ2v) is 6.32. The number of unbranched alkanes of at least 4 members (excludes halogenated alkanes) is 2. The highest BCUT2D eigenvalue weighted by molar-refractivity contribution is 7.85. The van der Waals surface area contributed by atoms with Crippen molar-refractivity contribution in [2.75, 3.05) is 6.54 Å². The van der Waals surface area contributed by atoms with Crippen LogP contribution < -0.4 is 4.72 Å². The highest BCUT2D eigenvalue weighted by Gasteiger charge is 2.09. The number of thiazole rings is 1. The van der Waals surface area contributed by atoms with Crippen molar-refractivity contribution in [3.63, 3.8) is 0 Å².